The van der Waals surface area contributed by atoms with Crippen molar-refractivity contribution >= 4 is 17.6 Å². The second-order valence-electron chi connectivity index (χ2n) is 5.53. The normalized spacial score (nSPS) is 16.3. The predicted molar refractivity (Wildman–Crippen MR) is 84.8 cm³/mol. The van der Waals surface area contributed by atoms with Crippen LogP contribution in [-0.4, -0.2) is 21.6 Å². The Morgan fingerprint density at radius 3 is 2.74 bits per heavy atom. The molecule has 1 saturated carbocycles. The van der Waals surface area contributed by atoms with Crippen LogP contribution in [-0.2, 0) is 13.0 Å². The number of nitrogens with zero attached hydrogens (tertiary/aromatic N) is 2. The molecule has 3 nitrogen and oxygen atoms in total. The zero-order valence-electron chi connectivity index (χ0n) is 12.3. The Hall–Kier alpha value is -0.640. The molecule has 0 atom stereocenters. The van der Waals surface area contributed by atoms with Crippen molar-refractivity contribution in [3.63, 3.8) is 0 Å². The summed E-state index contributed by atoms with van der Waals surface area (Å²) in [5.41, 5.74) is 7.48. The summed E-state index contributed by atoms with van der Waals surface area (Å²) in [5.74, 6) is 4.06. The summed E-state index contributed by atoms with van der Waals surface area (Å²) in [6.07, 6.45) is 10.8. The number of aromatic nitrogens is 2. The van der Waals surface area contributed by atoms with Crippen molar-refractivity contribution in [2.75, 3.05) is 17.7 Å². The molecule has 2 rings (SSSR count). The van der Waals surface area contributed by atoms with Crippen LogP contribution in [0.4, 0.5) is 5.82 Å². The van der Waals surface area contributed by atoms with Gasteiger partial charge in [-0.15, -0.1) is 0 Å². The predicted octanol–water partition coefficient (Wildman–Crippen LogP) is 3.83. The van der Waals surface area contributed by atoms with E-state index < -0.39 is 0 Å². The average Bonchev–Trinajstić information content (AvgIpc) is 3.02. The lowest BCUT2D eigenvalue weighted by molar-refractivity contribution is 0.579. The van der Waals surface area contributed by atoms with Crippen LogP contribution in [0.5, 0.6) is 0 Å². The van der Waals surface area contributed by atoms with Gasteiger partial charge in [-0.1, -0.05) is 19.8 Å². The molecule has 0 spiro atoms. The fraction of sp³-hybridized carbons (Fsp3) is 0.800. The fourth-order valence-corrected chi connectivity index (χ4v) is 3.49. The van der Waals surface area contributed by atoms with E-state index in [1.54, 1.807) is 0 Å². The third kappa shape index (κ3) is 3.47. The topological polar surface area (TPSA) is 43.8 Å². The van der Waals surface area contributed by atoms with Crippen LogP contribution < -0.4 is 5.73 Å². The first kappa shape index (κ1) is 14.8. The number of rotatable bonds is 7. The van der Waals surface area contributed by atoms with Gasteiger partial charge in [-0.2, -0.15) is 11.8 Å². The number of anilines is 1. The van der Waals surface area contributed by atoms with E-state index in [9.17, 15) is 0 Å². The van der Waals surface area contributed by atoms with Gasteiger partial charge >= 0.3 is 0 Å². The molecule has 0 amide bonds. The largest absolute Gasteiger partial charge is 0.384 e. The van der Waals surface area contributed by atoms with Gasteiger partial charge in [0.1, 0.15) is 11.6 Å². The van der Waals surface area contributed by atoms with Gasteiger partial charge in [0.05, 0.1) is 5.69 Å². The van der Waals surface area contributed by atoms with Gasteiger partial charge in [0, 0.05) is 12.5 Å². The number of imidazole rings is 1. The molecular formula is C15H27N3S. The van der Waals surface area contributed by atoms with Crippen LogP contribution >= 0.6 is 11.8 Å². The zero-order valence-corrected chi connectivity index (χ0v) is 13.1. The summed E-state index contributed by atoms with van der Waals surface area (Å²) < 4.78 is 2.30. The lowest BCUT2D eigenvalue weighted by Gasteiger charge is -2.12. The number of hydrogen-bond acceptors (Lipinski definition) is 3. The number of hydrogen-bond donors (Lipinski definition) is 1. The maximum atomic E-state index is 6.33. The number of thioether (sulfide) groups is 1. The molecule has 1 heterocycles. The van der Waals surface area contributed by atoms with E-state index in [1.165, 1.54) is 43.7 Å². The Balaban J connectivity index is 2.17. The summed E-state index contributed by atoms with van der Waals surface area (Å²) in [7, 11) is 0. The van der Waals surface area contributed by atoms with Gasteiger partial charge in [-0.3, -0.25) is 0 Å². The van der Waals surface area contributed by atoms with Gasteiger partial charge < -0.3 is 10.3 Å². The van der Waals surface area contributed by atoms with E-state index in [2.05, 4.69) is 17.7 Å². The van der Waals surface area contributed by atoms with Crippen LogP contribution in [0.1, 0.15) is 62.9 Å². The van der Waals surface area contributed by atoms with E-state index in [-0.39, 0.29) is 0 Å². The minimum atomic E-state index is 0.656. The highest BCUT2D eigenvalue weighted by Crippen LogP contribution is 2.35. The van der Waals surface area contributed by atoms with Crippen LogP contribution in [0.3, 0.4) is 0 Å². The highest BCUT2D eigenvalue weighted by Gasteiger charge is 2.24. The van der Waals surface area contributed by atoms with Crippen molar-refractivity contribution in [3.05, 3.63) is 11.5 Å². The number of nitrogens with two attached hydrogens (primary N) is 1. The summed E-state index contributed by atoms with van der Waals surface area (Å²) in [5, 5.41) is 0. The highest BCUT2D eigenvalue weighted by atomic mass is 32.2. The molecule has 2 N–H and O–H groups in total. The lowest BCUT2D eigenvalue weighted by atomic mass is 10.1. The second kappa shape index (κ2) is 7.22. The third-order valence-corrected chi connectivity index (χ3v) is 4.74. The molecule has 0 aliphatic heterocycles. The van der Waals surface area contributed by atoms with Crippen molar-refractivity contribution in [1.82, 2.24) is 9.55 Å². The van der Waals surface area contributed by atoms with Gasteiger partial charge in [-0.25, -0.2) is 4.98 Å². The van der Waals surface area contributed by atoms with Crippen molar-refractivity contribution in [2.24, 2.45) is 0 Å². The molecular weight excluding hydrogens is 254 g/mol. The maximum absolute atomic E-state index is 6.33. The molecule has 19 heavy (non-hydrogen) atoms. The average molecular weight is 281 g/mol. The summed E-state index contributed by atoms with van der Waals surface area (Å²) in [4.78, 5) is 4.91. The molecule has 0 radical (unpaired) electrons. The minimum absolute atomic E-state index is 0.656. The van der Waals surface area contributed by atoms with Crippen LogP contribution in [0.15, 0.2) is 0 Å². The Morgan fingerprint density at radius 1 is 1.37 bits per heavy atom. The molecule has 108 valence electrons. The number of aryl methyl sites for hydroxylation is 1. The first-order valence-electron chi connectivity index (χ1n) is 7.61. The van der Waals surface area contributed by atoms with Crippen LogP contribution in [0, 0.1) is 0 Å². The second-order valence-corrected chi connectivity index (χ2v) is 6.52. The maximum Gasteiger partial charge on any atom is 0.126 e. The van der Waals surface area contributed by atoms with E-state index in [0.717, 1.165) is 30.9 Å². The third-order valence-electron chi connectivity index (χ3n) is 4.04. The molecule has 0 aromatic carbocycles. The molecule has 1 aromatic rings. The monoisotopic (exact) mass is 281 g/mol. The Kier molecular flexibility index (Phi) is 5.61. The van der Waals surface area contributed by atoms with E-state index in [4.69, 9.17) is 10.7 Å². The molecule has 0 bridgehead atoms. The van der Waals surface area contributed by atoms with E-state index in [0.29, 0.717) is 5.92 Å². The number of nitrogen functional groups attached to an aromatic ring is 1. The van der Waals surface area contributed by atoms with Crippen molar-refractivity contribution < 1.29 is 0 Å². The smallest absolute Gasteiger partial charge is 0.126 e. The first-order chi connectivity index (χ1) is 9.27. The molecule has 1 fully saturated rings. The molecule has 1 aromatic heterocycles. The van der Waals surface area contributed by atoms with E-state index in [1.807, 2.05) is 11.8 Å². The van der Waals surface area contributed by atoms with Crippen molar-refractivity contribution in [3.8, 4) is 0 Å². The fourth-order valence-electron chi connectivity index (χ4n) is 3.06. The molecule has 1 aliphatic carbocycles. The Bertz CT molecular complexity index is 394. The summed E-state index contributed by atoms with van der Waals surface area (Å²) >= 11 is 1.90. The lowest BCUT2D eigenvalue weighted by Crippen LogP contribution is -2.09. The molecule has 1 aliphatic rings. The van der Waals surface area contributed by atoms with Gasteiger partial charge in [-0.05, 0) is 44.1 Å². The summed E-state index contributed by atoms with van der Waals surface area (Å²) in [6, 6.07) is 0. The quantitative estimate of drug-likeness (QED) is 0.773. The summed E-state index contributed by atoms with van der Waals surface area (Å²) in [6.45, 7) is 3.23. The molecule has 0 saturated heterocycles. The first-order valence-corrected chi connectivity index (χ1v) is 9.01. The van der Waals surface area contributed by atoms with Crippen LogP contribution in [0.25, 0.3) is 0 Å². The molecule has 4 heteroatoms. The van der Waals surface area contributed by atoms with Crippen LogP contribution in [0.2, 0.25) is 0 Å². The van der Waals surface area contributed by atoms with Crippen molar-refractivity contribution in [2.45, 2.75) is 64.3 Å². The molecule has 0 unspecified atom stereocenters. The van der Waals surface area contributed by atoms with Gasteiger partial charge in [0.15, 0.2) is 0 Å². The highest BCUT2D eigenvalue weighted by molar-refractivity contribution is 7.98. The Morgan fingerprint density at radius 2 is 2.11 bits per heavy atom. The van der Waals surface area contributed by atoms with Gasteiger partial charge in [0.2, 0.25) is 0 Å². The zero-order chi connectivity index (χ0) is 13.7. The van der Waals surface area contributed by atoms with Gasteiger partial charge in [0.25, 0.3) is 0 Å². The standard InChI is InChI=1S/C15H27N3S/c1-3-10-18-14(16)13(9-6-11-19-2)17-15(18)12-7-4-5-8-12/h12H,3-11,16H2,1-2H3. The van der Waals surface area contributed by atoms with E-state index >= 15 is 0 Å². The Labute approximate surface area is 121 Å². The van der Waals surface area contributed by atoms with Crippen molar-refractivity contribution in [1.29, 1.82) is 0 Å². The SMILES string of the molecule is CCCn1c(C2CCCC2)nc(CCCSC)c1N. The minimum Gasteiger partial charge on any atom is -0.384 e.